The number of nitrogens with zero attached hydrogens (tertiary/aromatic N) is 1. The molecule has 3 rings (SSSR count). The summed E-state index contributed by atoms with van der Waals surface area (Å²) >= 11 is 12.6. The van der Waals surface area contributed by atoms with Gasteiger partial charge in [0.2, 0.25) is 0 Å². The van der Waals surface area contributed by atoms with Crippen LogP contribution in [0.5, 0.6) is 0 Å². The van der Waals surface area contributed by atoms with Gasteiger partial charge in [-0.1, -0.05) is 74.3 Å². The van der Waals surface area contributed by atoms with Crippen LogP contribution in [0, 0.1) is 11.3 Å². The van der Waals surface area contributed by atoms with E-state index in [0.717, 1.165) is 19.0 Å². The molecule has 0 aliphatic carbocycles. The van der Waals surface area contributed by atoms with Gasteiger partial charge in [0.05, 0.1) is 6.04 Å². The van der Waals surface area contributed by atoms with Crippen LogP contribution in [0.4, 0.5) is 0 Å². The van der Waals surface area contributed by atoms with Crippen LogP contribution in [-0.4, -0.2) is 18.0 Å². The number of hydrogen-bond donors (Lipinski definition) is 0. The molecule has 1 heterocycles. The minimum Gasteiger partial charge on any atom is -0.292 e. The van der Waals surface area contributed by atoms with Crippen LogP contribution in [0.25, 0.3) is 0 Å². The van der Waals surface area contributed by atoms with Crippen molar-refractivity contribution in [2.45, 2.75) is 39.7 Å². The maximum atomic E-state index is 6.30. The zero-order valence-corrected chi connectivity index (χ0v) is 16.8. The molecule has 2 aromatic carbocycles. The highest BCUT2D eigenvalue weighted by atomic mass is 35.5. The molecule has 1 saturated heterocycles. The normalized spacial score (nSPS) is 18.3. The molecule has 1 atom stereocenters. The van der Waals surface area contributed by atoms with Crippen molar-refractivity contribution in [2.24, 2.45) is 11.3 Å². The summed E-state index contributed by atoms with van der Waals surface area (Å²) in [4.78, 5) is 2.58. The third-order valence-corrected chi connectivity index (χ3v) is 5.87. The molecule has 1 fully saturated rings. The molecule has 134 valence electrons. The maximum absolute atomic E-state index is 6.30. The molecule has 1 aliphatic rings. The summed E-state index contributed by atoms with van der Waals surface area (Å²) in [5.41, 5.74) is 2.86. The Morgan fingerprint density at radius 3 is 1.96 bits per heavy atom. The summed E-state index contributed by atoms with van der Waals surface area (Å²) < 4.78 is 0. The molecule has 0 bridgehead atoms. The zero-order chi connectivity index (χ0) is 18.0. The van der Waals surface area contributed by atoms with Crippen molar-refractivity contribution in [3.05, 3.63) is 69.7 Å². The first kappa shape index (κ1) is 18.8. The maximum Gasteiger partial charge on any atom is 0.0602 e. The summed E-state index contributed by atoms with van der Waals surface area (Å²) in [6, 6.07) is 16.8. The second kappa shape index (κ2) is 7.70. The van der Waals surface area contributed by atoms with E-state index in [2.05, 4.69) is 68.1 Å². The highest BCUT2D eigenvalue weighted by Crippen LogP contribution is 2.39. The minimum absolute atomic E-state index is 0.207. The van der Waals surface area contributed by atoms with Gasteiger partial charge in [0.25, 0.3) is 0 Å². The van der Waals surface area contributed by atoms with Crippen molar-refractivity contribution in [2.75, 3.05) is 13.1 Å². The third-order valence-electron chi connectivity index (χ3n) is 5.44. The topological polar surface area (TPSA) is 3.24 Å². The number of hydrogen-bond acceptors (Lipinski definition) is 1. The Bertz CT molecular complexity index is 677. The van der Waals surface area contributed by atoms with Crippen LogP contribution < -0.4 is 0 Å². The van der Waals surface area contributed by atoms with Gasteiger partial charge < -0.3 is 0 Å². The average molecular weight is 376 g/mol. The molecule has 1 aliphatic heterocycles. The lowest BCUT2D eigenvalue weighted by Gasteiger charge is -2.42. The fraction of sp³-hybridized carbons (Fsp3) is 0.455. The average Bonchev–Trinajstić information content (AvgIpc) is 2.55. The Balaban J connectivity index is 1.91. The Kier molecular flexibility index (Phi) is 5.78. The molecule has 0 amide bonds. The summed E-state index contributed by atoms with van der Waals surface area (Å²) in [7, 11) is 0. The summed E-state index contributed by atoms with van der Waals surface area (Å²) in [5, 5.41) is 1.40. The highest BCUT2D eigenvalue weighted by Gasteiger charge is 2.32. The molecule has 0 radical (unpaired) electrons. The summed E-state index contributed by atoms with van der Waals surface area (Å²) in [6.07, 6.45) is 2.47. The van der Waals surface area contributed by atoms with Crippen LogP contribution in [-0.2, 0) is 0 Å². The van der Waals surface area contributed by atoms with Gasteiger partial charge in [0.1, 0.15) is 0 Å². The van der Waals surface area contributed by atoms with Gasteiger partial charge in [-0.25, -0.2) is 0 Å². The first-order valence-corrected chi connectivity index (χ1v) is 9.85. The predicted molar refractivity (Wildman–Crippen MR) is 108 cm³/mol. The van der Waals surface area contributed by atoms with E-state index in [4.69, 9.17) is 23.2 Å². The smallest absolute Gasteiger partial charge is 0.0602 e. The molecular weight excluding hydrogens is 349 g/mol. The van der Waals surface area contributed by atoms with E-state index in [1.165, 1.54) is 24.0 Å². The predicted octanol–water partition coefficient (Wildman–Crippen LogP) is 6.84. The van der Waals surface area contributed by atoms with Gasteiger partial charge in [-0.15, -0.1) is 0 Å². The van der Waals surface area contributed by atoms with Crippen molar-refractivity contribution >= 4 is 23.2 Å². The first-order valence-electron chi connectivity index (χ1n) is 9.09. The first-order chi connectivity index (χ1) is 11.8. The summed E-state index contributed by atoms with van der Waals surface area (Å²) in [5.74, 6) is 0.781. The number of benzene rings is 2. The number of likely N-dealkylation sites (tertiary alicyclic amines) is 1. The van der Waals surface area contributed by atoms with Crippen LogP contribution in [0.3, 0.4) is 0 Å². The third kappa shape index (κ3) is 4.58. The van der Waals surface area contributed by atoms with E-state index in [-0.39, 0.29) is 6.04 Å². The molecule has 0 spiro atoms. The quantitative estimate of drug-likeness (QED) is 0.567. The molecular formula is C22H27Cl2N. The Morgan fingerprint density at radius 2 is 1.44 bits per heavy atom. The van der Waals surface area contributed by atoms with Gasteiger partial charge in [-0.05, 0) is 66.6 Å². The van der Waals surface area contributed by atoms with Crippen molar-refractivity contribution < 1.29 is 0 Å². The van der Waals surface area contributed by atoms with E-state index in [0.29, 0.717) is 15.5 Å². The molecule has 0 saturated carbocycles. The molecule has 0 N–H and O–H groups in total. The monoisotopic (exact) mass is 375 g/mol. The fourth-order valence-corrected chi connectivity index (χ4v) is 4.55. The van der Waals surface area contributed by atoms with E-state index in [9.17, 15) is 0 Å². The van der Waals surface area contributed by atoms with E-state index >= 15 is 0 Å². The molecule has 1 unspecified atom stereocenters. The molecule has 3 heteroatoms. The standard InChI is InChI=1S/C22H27Cl2N/c1-22(2,3)18-9-11-25(12-10-18)21(16-7-5-4-6-8-16)17-13-19(23)15-20(24)14-17/h4-8,13-15,18,21H,9-12H2,1-3H3. The Morgan fingerprint density at radius 1 is 0.880 bits per heavy atom. The van der Waals surface area contributed by atoms with Crippen LogP contribution in [0.2, 0.25) is 10.0 Å². The van der Waals surface area contributed by atoms with Gasteiger partial charge in [-0.3, -0.25) is 4.90 Å². The van der Waals surface area contributed by atoms with Crippen molar-refractivity contribution in [1.82, 2.24) is 4.90 Å². The fourth-order valence-electron chi connectivity index (χ4n) is 4.01. The molecule has 25 heavy (non-hydrogen) atoms. The lowest BCUT2D eigenvalue weighted by molar-refractivity contribution is 0.0936. The number of rotatable bonds is 3. The Labute approximate surface area is 161 Å². The van der Waals surface area contributed by atoms with E-state index in [1.54, 1.807) is 6.07 Å². The van der Waals surface area contributed by atoms with Gasteiger partial charge in [0, 0.05) is 10.0 Å². The van der Waals surface area contributed by atoms with Crippen molar-refractivity contribution in [3.8, 4) is 0 Å². The van der Waals surface area contributed by atoms with Crippen molar-refractivity contribution in [1.29, 1.82) is 0 Å². The second-order valence-electron chi connectivity index (χ2n) is 8.19. The van der Waals surface area contributed by atoms with Crippen LogP contribution in [0.15, 0.2) is 48.5 Å². The van der Waals surface area contributed by atoms with Gasteiger partial charge in [-0.2, -0.15) is 0 Å². The van der Waals surface area contributed by atoms with E-state index in [1.807, 2.05) is 0 Å². The van der Waals surface area contributed by atoms with Crippen LogP contribution in [0.1, 0.15) is 50.8 Å². The lowest BCUT2D eigenvalue weighted by Crippen LogP contribution is -2.40. The molecule has 1 nitrogen and oxygen atoms in total. The second-order valence-corrected chi connectivity index (χ2v) is 9.07. The van der Waals surface area contributed by atoms with Crippen molar-refractivity contribution in [3.63, 3.8) is 0 Å². The highest BCUT2D eigenvalue weighted by molar-refractivity contribution is 6.34. The largest absolute Gasteiger partial charge is 0.292 e. The minimum atomic E-state index is 0.207. The summed E-state index contributed by atoms with van der Waals surface area (Å²) in [6.45, 7) is 9.29. The molecule has 2 aromatic rings. The zero-order valence-electron chi connectivity index (χ0n) is 15.3. The van der Waals surface area contributed by atoms with Gasteiger partial charge >= 0.3 is 0 Å². The number of halogens is 2. The van der Waals surface area contributed by atoms with Gasteiger partial charge in [0.15, 0.2) is 0 Å². The molecule has 0 aromatic heterocycles. The van der Waals surface area contributed by atoms with Crippen LogP contribution >= 0.6 is 23.2 Å². The lowest BCUT2D eigenvalue weighted by atomic mass is 9.75. The SMILES string of the molecule is CC(C)(C)C1CCN(C(c2ccccc2)c2cc(Cl)cc(Cl)c2)CC1. The van der Waals surface area contributed by atoms with E-state index < -0.39 is 0 Å². The Hall–Kier alpha value is -1.02. The number of piperidine rings is 1.